The molecule has 0 spiro atoms. The summed E-state index contributed by atoms with van der Waals surface area (Å²) < 4.78 is 10.9. The fraction of sp³-hybridized carbons (Fsp3) is 0.316. The third-order valence-electron chi connectivity index (χ3n) is 4.36. The molecular formula is C19H22N2O4. The minimum atomic E-state index is -0.678. The van der Waals surface area contributed by atoms with Crippen molar-refractivity contribution in [2.24, 2.45) is 5.73 Å². The summed E-state index contributed by atoms with van der Waals surface area (Å²) in [6, 6.07) is 15.7. The van der Waals surface area contributed by atoms with Crippen molar-refractivity contribution in [1.82, 2.24) is 4.90 Å². The second kappa shape index (κ2) is 7.55. The molecule has 3 rings (SSSR count). The Morgan fingerprint density at radius 3 is 2.40 bits per heavy atom. The fourth-order valence-corrected chi connectivity index (χ4v) is 2.98. The number of hydrogen-bond acceptors (Lipinski definition) is 5. The average Bonchev–Trinajstić information content (AvgIpc) is 2.67. The molecule has 0 aromatic heterocycles. The van der Waals surface area contributed by atoms with E-state index in [1.54, 1.807) is 24.1 Å². The van der Waals surface area contributed by atoms with Gasteiger partial charge in [0.1, 0.15) is 11.5 Å². The molecule has 2 aromatic rings. The van der Waals surface area contributed by atoms with Crippen LogP contribution in [-0.2, 0) is 11.3 Å². The largest absolute Gasteiger partial charge is 0.497 e. The summed E-state index contributed by atoms with van der Waals surface area (Å²) in [5, 5.41) is 9.46. The highest BCUT2D eigenvalue weighted by Gasteiger charge is 2.51. The Morgan fingerprint density at radius 2 is 1.80 bits per heavy atom. The van der Waals surface area contributed by atoms with Crippen LogP contribution in [0.25, 0.3) is 0 Å². The van der Waals surface area contributed by atoms with Crippen LogP contribution < -0.4 is 15.2 Å². The van der Waals surface area contributed by atoms with E-state index in [2.05, 4.69) is 0 Å². The third kappa shape index (κ3) is 3.60. The molecule has 6 heteroatoms. The quantitative estimate of drug-likeness (QED) is 0.738. The van der Waals surface area contributed by atoms with Gasteiger partial charge in [-0.25, -0.2) is 0 Å². The van der Waals surface area contributed by atoms with Gasteiger partial charge in [-0.2, -0.15) is 0 Å². The minimum Gasteiger partial charge on any atom is -0.497 e. The molecule has 0 unspecified atom stereocenters. The molecule has 0 bridgehead atoms. The number of likely N-dealkylation sites (tertiary alicyclic amines) is 1. The number of amides is 1. The predicted octanol–water partition coefficient (Wildman–Crippen LogP) is 1.17. The van der Waals surface area contributed by atoms with E-state index in [1.807, 2.05) is 42.5 Å². The zero-order valence-electron chi connectivity index (χ0n) is 14.0. The van der Waals surface area contributed by atoms with Crippen molar-refractivity contribution in [2.75, 3.05) is 13.7 Å². The van der Waals surface area contributed by atoms with E-state index in [0.29, 0.717) is 12.3 Å². The summed E-state index contributed by atoms with van der Waals surface area (Å²) in [4.78, 5) is 14.2. The number of carbonyl (C=O) groups is 1. The summed E-state index contributed by atoms with van der Waals surface area (Å²) in [7, 11) is 1.61. The third-order valence-corrected chi connectivity index (χ3v) is 4.36. The van der Waals surface area contributed by atoms with E-state index < -0.39 is 12.1 Å². The maximum absolute atomic E-state index is 12.6. The van der Waals surface area contributed by atoms with E-state index in [0.717, 1.165) is 11.3 Å². The second-order valence-corrected chi connectivity index (χ2v) is 6.00. The van der Waals surface area contributed by atoms with Crippen molar-refractivity contribution in [3.8, 4) is 11.5 Å². The Morgan fingerprint density at radius 1 is 1.12 bits per heavy atom. The maximum Gasteiger partial charge on any atom is 0.266 e. The number of methoxy groups -OCH3 is 1. The van der Waals surface area contributed by atoms with Crippen LogP contribution in [-0.4, -0.2) is 47.8 Å². The Bertz CT molecular complexity index is 705. The highest BCUT2D eigenvalue weighted by atomic mass is 16.5. The van der Waals surface area contributed by atoms with Gasteiger partial charge >= 0.3 is 0 Å². The van der Waals surface area contributed by atoms with E-state index in [9.17, 15) is 9.90 Å². The van der Waals surface area contributed by atoms with Crippen LogP contribution in [0.15, 0.2) is 54.6 Å². The number of nitrogens with zero attached hydrogens (tertiary/aromatic N) is 1. The molecule has 1 aliphatic heterocycles. The number of aliphatic hydroxyl groups is 1. The van der Waals surface area contributed by atoms with Crippen LogP contribution in [0.2, 0.25) is 0 Å². The number of nitrogens with two attached hydrogens (primary N) is 1. The van der Waals surface area contributed by atoms with Crippen LogP contribution in [0.3, 0.4) is 0 Å². The summed E-state index contributed by atoms with van der Waals surface area (Å²) >= 11 is 0. The van der Waals surface area contributed by atoms with Gasteiger partial charge in [-0.05, 0) is 29.8 Å². The zero-order chi connectivity index (χ0) is 17.8. The van der Waals surface area contributed by atoms with Gasteiger partial charge in [0.15, 0.2) is 6.10 Å². The lowest BCUT2D eigenvalue weighted by Gasteiger charge is -2.48. The number of ether oxygens (including phenoxy) is 2. The molecule has 3 atom stereocenters. The van der Waals surface area contributed by atoms with Gasteiger partial charge in [0, 0.05) is 6.54 Å². The van der Waals surface area contributed by atoms with Crippen LogP contribution in [0.5, 0.6) is 11.5 Å². The standard InChI is InChI=1S/C19H22N2O4/c1-24-14-9-7-13(8-10-14)11-21-17(16(20)12-22)18(19(21)23)25-15-5-3-2-4-6-15/h2-10,16-18,22H,11-12,20H2,1H3/t16-,17-,18+/m0/s1. The first-order chi connectivity index (χ1) is 12.1. The van der Waals surface area contributed by atoms with E-state index >= 15 is 0 Å². The molecule has 0 aliphatic carbocycles. The zero-order valence-corrected chi connectivity index (χ0v) is 14.0. The van der Waals surface area contributed by atoms with Crippen molar-refractivity contribution in [1.29, 1.82) is 0 Å². The van der Waals surface area contributed by atoms with Crippen molar-refractivity contribution < 1.29 is 19.4 Å². The van der Waals surface area contributed by atoms with Crippen LogP contribution in [0, 0.1) is 0 Å². The molecule has 6 nitrogen and oxygen atoms in total. The Balaban J connectivity index is 1.73. The average molecular weight is 342 g/mol. The maximum atomic E-state index is 12.6. The van der Waals surface area contributed by atoms with E-state index in [4.69, 9.17) is 15.2 Å². The van der Waals surface area contributed by atoms with Crippen molar-refractivity contribution in [2.45, 2.75) is 24.7 Å². The lowest BCUT2D eigenvalue weighted by molar-refractivity contribution is -0.167. The van der Waals surface area contributed by atoms with Crippen molar-refractivity contribution in [3.63, 3.8) is 0 Å². The van der Waals surface area contributed by atoms with Gasteiger partial charge in [0.25, 0.3) is 5.91 Å². The van der Waals surface area contributed by atoms with E-state index in [1.165, 1.54) is 0 Å². The Hall–Kier alpha value is -2.57. The molecular weight excluding hydrogens is 320 g/mol. The molecule has 1 saturated heterocycles. The van der Waals surface area contributed by atoms with Gasteiger partial charge in [-0.3, -0.25) is 4.79 Å². The Kier molecular flexibility index (Phi) is 5.21. The molecule has 1 aliphatic rings. The van der Waals surface area contributed by atoms with Crippen LogP contribution >= 0.6 is 0 Å². The number of benzene rings is 2. The number of β-lactam (4-membered cyclic amide) rings is 1. The SMILES string of the molecule is COc1ccc(CN2C(=O)[C@H](Oc3ccccc3)[C@@H]2[C@@H](N)CO)cc1. The normalized spacial score (nSPS) is 20.8. The number of hydrogen-bond donors (Lipinski definition) is 2. The number of aliphatic hydroxyl groups excluding tert-OH is 1. The fourth-order valence-electron chi connectivity index (χ4n) is 2.98. The van der Waals surface area contributed by atoms with Gasteiger partial charge < -0.3 is 25.2 Å². The molecule has 3 N–H and O–H groups in total. The Labute approximate surface area is 146 Å². The summed E-state index contributed by atoms with van der Waals surface area (Å²) in [6.45, 7) is 0.196. The van der Waals surface area contributed by atoms with Gasteiger partial charge in [0.05, 0.1) is 25.8 Å². The highest BCUT2D eigenvalue weighted by Crippen LogP contribution is 2.29. The predicted molar refractivity (Wildman–Crippen MR) is 93.3 cm³/mol. The second-order valence-electron chi connectivity index (χ2n) is 6.00. The lowest BCUT2D eigenvalue weighted by Crippen LogP contribution is -2.72. The molecule has 0 radical (unpaired) electrons. The molecule has 1 amide bonds. The molecule has 132 valence electrons. The summed E-state index contributed by atoms with van der Waals surface area (Å²) in [6.07, 6.45) is -0.678. The summed E-state index contributed by atoms with van der Waals surface area (Å²) in [5.74, 6) is 1.24. The van der Waals surface area contributed by atoms with Gasteiger partial charge in [-0.1, -0.05) is 30.3 Å². The summed E-state index contributed by atoms with van der Waals surface area (Å²) in [5.41, 5.74) is 6.99. The van der Waals surface area contributed by atoms with Crippen molar-refractivity contribution >= 4 is 5.91 Å². The number of para-hydroxylation sites is 1. The first kappa shape index (κ1) is 17.3. The van der Waals surface area contributed by atoms with Crippen LogP contribution in [0.1, 0.15) is 5.56 Å². The molecule has 0 saturated carbocycles. The van der Waals surface area contributed by atoms with Gasteiger partial charge in [0.2, 0.25) is 0 Å². The first-order valence-corrected chi connectivity index (χ1v) is 8.15. The van der Waals surface area contributed by atoms with E-state index in [-0.39, 0.29) is 18.6 Å². The molecule has 25 heavy (non-hydrogen) atoms. The highest BCUT2D eigenvalue weighted by molar-refractivity contribution is 5.89. The minimum absolute atomic E-state index is 0.131. The van der Waals surface area contributed by atoms with Crippen molar-refractivity contribution in [3.05, 3.63) is 60.2 Å². The van der Waals surface area contributed by atoms with Gasteiger partial charge in [-0.15, -0.1) is 0 Å². The monoisotopic (exact) mass is 342 g/mol. The first-order valence-electron chi connectivity index (χ1n) is 8.15. The number of carbonyl (C=O) groups excluding carboxylic acids is 1. The lowest BCUT2D eigenvalue weighted by atomic mass is 9.90. The molecule has 1 fully saturated rings. The molecule has 2 aromatic carbocycles. The van der Waals surface area contributed by atoms with Crippen LogP contribution in [0.4, 0.5) is 0 Å². The topological polar surface area (TPSA) is 85.0 Å². The molecule has 1 heterocycles. The smallest absolute Gasteiger partial charge is 0.266 e. The number of rotatable bonds is 7.